The van der Waals surface area contributed by atoms with Gasteiger partial charge in [0.2, 0.25) is 0 Å². The highest BCUT2D eigenvalue weighted by molar-refractivity contribution is 5.85. The van der Waals surface area contributed by atoms with Gasteiger partial charge in [0.1, 0.15) is 6.61 Å². The van der Waals surface area contributed by atoms with Gasteiger partial charge < -0.3 is 4.74 Å². The third-order valence-corrected chi connectivity index (χ3v) is 3.82. The van der Waals surface area contributed by atoms with Crippen molar-refractivity contribution in [2.24, 2.45) is 9.98 Å². The summed E-state index contributed by atoms with van der Waals surface area (Å²) in [6.07, 6.45) is 20.2. The van der Waals surface area contributed by atoms with E-state index in [4.69, 9.17) is 4.74 Å². The standard InChI is InChI=1S/C6H11NO.2C6H8.C5H7N/c1-5-7-6(2,3)4-8-5;2*1-6-4-2-3-5-6;1-5-3-2-4-6-5/h4H2,1-3H3;2,4-5H,3H2,1H3;2-4H,5H2,1H3;2,4H,3H2,1H3. The fourth-order valence-corrected chi connectivity index (χ4v) is 2.36. The Labute approximate surface area is 159 Å². The Morgan fingerprint density at radius 1 is 1.00 bits per heavy atom. The molecule has 4 aliphatic rings. The Kier molecular flexibility index (Phi) is 9.64. The van der Waals surface area contributed by atoms with E-state index in [0.29, 0.717) is 0 Å². The van der Waals surface area contributed by atoms with Gasteiger partial charge in [-0.2, -0.15) is 0 Å². The summed E-state index contributed by atoms with van der Waals surface area (Å²) in [6, 6.07) is 0. The minimum absolute atomic E-state index is 0.0318. The van der Waals surface area contributed by atoms with Gasteiger partial charge in [-0.25, -0.2) is 4.99 Å². The summed E-state index contributed by atoms with van der Waals surface area (Å²) in [5.74, 6) is 0.815. The lowest BCUT2D eigenvalue weighted by atomic mass is 10.1. The lowest BCUT2D eigenvalue weighted by Crippen LogP contribution is -2.17. The van der Waals surface area contributed by atoms with Crippen molar-refractivity contribution in [1.82, 2.24) is 0 Å². The molecule has 0 saturated carbocycles. The molecule has 0 aromatic carbocycles. The molecule has 0 spiro atoms. The van der Waals surface area contributed by atoms with Crippen molar-refractivity contribution in [2.45, 2.75) is 66.3 Å². The van der Waals surface area contributed by atoms with Crippen LogP contribution in [0.3, 0.4) is 0 Å². The molecule has 2 aliphatic heterocycles. The van der Waals surface area contributed by atoms with Crippen molar-refractivity contribution >= 4 is 11.6 Å². The van der Waals surface area contributed by atoms with Gasteiger partial charge in [-0.15, -0.1) is 0 Å². The second-order valence-corrected chi connectivity index (χ2v) is 7.42. The summed E-state index contributed by atoms with van der Waals surface area (Å²) in [5, 5.41) is 0. The summed E-state index contributed by atoms with van der Waals surface area (Å²) in [6.45, 7) is 13.0. The highest BCUT2D eigenvalue weighted by Crippen LogP contribution is 2.15. The van der Waals surface area contributed by atoms with Crippen molar-refractivity contribution in [1.29, 1.82) is 0 Å². The van der Waals surface area contributed by atoms with Gasteiger partial charge in [0, 0.05) is 25.3 Å². The van der Waals surface area contributed by atoms with Gasteiger partial charge in [-0.05, 0) is 47.5 Å². The van der Waals surface area contributed by atoms with E-state index in [9.17, 15) is 0 Å². The predicted molar refractivity (Wildman–Crippen MR) is 115 cm³/mol. The molecule has 2 aliphatic carbocycles. The van der Waals surface area contributed by atoms with Crippen molar-refractivity contribution in [2.75, 3.05) is 6.61 Å². The summed E-state index contributed by atoms with van der Waals surface area (Å²) in [7, 11) is 0. The molecule has 0 amide bonds. The molecule has 3 heteroatoms. The molecule has 4 rings (SSSR count). The highest BCUT2D eigenvalue weighted by atomic mass is 16.5. The minimum atomic E-state index is 0.0318. The smallest absolute Gasteiger partial charge is 0.180 e. The summed E-state index contributed by atoms with van der Waals surface area (Å²) >= 11 is 0. The number of nitrogens with zero attached hydrogens (tertiary/aromatic N) is 2. The highest BCUT2D eigenvalue weighted by Gasteiger charge is 2.23. The zero-order valence-electron chi connectivity index (χ0n) is 17.2. The number of rotatable bonds is 0. The van der Waals surface area contributed by atoms with Crippen LogP contribution >= 0.6 is 0 Å². The Hall–Kier alpha value is -2.16. The van der Waals surface area contributed by atoms with Gasteiger partial charge >= 0.3 is 0 Å². The molecule has 0 N–H and O–H groups in total. The lowest BCUT2D eigenvalue weighted by Gasteiger charge is -2.07. The number of hydrogen-bond acceptors (Lipinski definition) is 3. The topological polar surface area (TPSA) is 34.0 Å². The quantitative estimate of drug-likeness (QED) is 0.498. The van der Waals surface area contributed by atoms with E-state index in [1.807, 2.05) is 20.0 Å². The maximum absolute atomic E-state index is 5.12. The van der Waals surface area contributed by atoms with E-state index in [1.165, 1.54) is 23.3 Å². The van der Waals surface area contributed by atoms with E-state index in [-0.39, 0.29) is 5.54 Å². The third-order valence-electron chi connectivity index (χ3n) is 3.82. The van der Waals surface area contributed by atoms with Gasteiger partial charge in [0.05, 0.1) is 5.54 Å². The van der Waals surface area contributed by atoms with E-state index in [0.717, 1.165) is 25.3 Å². The van der Waals surface area contributed by atoms with Gasteiger partial charge in [0.15, 0.2) is 5.90 Å². The van der Waals surface area contributed by atoms with Crippen molar-refractivity contribution in [3.63, 3.8) is 0 Å². The Morgan fingerprint density at radius 2 is 1.77 bits per heavy atom. The van der Waals surface area contributed by atoms with Crippen LogP contribution < -0.4 is 0 Å². The molecular weight excluding hydrogens is 320 g/mol. The van der Waals surface area contributed by atoms with Crippen LogP contribution in [0.5, 0.6) is 0 Å². The summed E-state index contributed by atoms with van der Waals surface area (Å²) in [5.41, 5.74) is 4.12. The van der Waals surface area contributed by atoms with Crippen LogP contribution in [0.4, 0.5) is 0 Å². The molecular formula is C23H34N2O. The van der Waals surface area contributed by atoms with E-state index in [1.54, 1.807) is 0 Å². The van der Waals surface area contributed by atoms with Crippen LogP contribution in [0.1, 0.15) is 60.8 Å². The largest absolute Gasteiger partial charge is 0.479 e. The molecule has 26 heavy (non-hydrogen) atoms. The van der Waals surface area contributed by atoms with Gasteiger partial charge in [-0.3, -0.25) is 4.99 Å². The second-order valence-electron chi connectivity index (χ2n) is 7.42. The SMILES string of the molecule is CC1=CC=CC1.CC1=CCC=C1.CC1=NC(C)(C)CO1.CC1=NC=CC1. The van der Waals surface area contributed by atoms with Crippen LogP contribution in [0.2, 0.25) is 0 Å². The average molecular weight is 355 g/mol. The number of allylic oxidation sites excluding steroid dienone is 9. The van der Waals surface area contributed by atoms with Crippen molar-refractivity contribution in [3.05, 3.63) is 59.9 Å². The Balaban J connectivity index is 0.000000175. The summed E-state index contributed by atoms with van der Waals surface area (Å²) < 4.78 is 5.12. The van der Waals surface area contributed by atoms with Crippen LogP contribution in [0, 0.1) is 0 Å². The second kappa shape index (κ2) is 11.5. The van der Waals surface area contributed by atoms with E-state index >= 15 is 0 Å². The van der Waals surface area contributed by atoms with Crippen molar-refractivity contribution in [3.8, 4) is 0 Å². The maximum atomic E-state index is 5.12. The first kappa shape index (κ1) is 21.9. The van der Waals surface area contributed by atoms with Crippen LogP contribution in [0.15, 0.2) is 69.9 Å². The molecule has 0 bridgehead atoms. The Morgan fingerprint density at radius 3 is 1.92 bits per heavy atom. The predicted octanol–water partition coefficient (Wildman–Crippen LogP) is 6.36. The normalized spacial score (nSPS) is 20.4. The first-order valence-corrected chi connectivity index (χ1v) is 9.31. The molecule has 0 aromatic heterocycles. The molecule has 0 saturated heterocycles. The number of ether oxygens (including phenoxy) is 1. The van der Waals surface area contributed by atoms with E-state index in [2.05, 4.69) is 80.2 Å². The van der Waals surface area contributed by atoms with Crippen LogP contribution in [0.25, 0.3) is 0 Å². The number of aliphatic imine (C=N–C) groups is 2. The molecule has 0 unspecified atom stereocenters. The molecule has 2 heterocycles. The fraction of sp³-hybridized carbons (Fsp3) is 0.478. The molecule has 0 fully saturated rings. The average Bonchev–Trinajstić information content (AvgIpc) is 3.34. The zero-order valence-corrected chi connectivity index (χ0v) is 17.2. The molecule has 3 nitrogen and oxygen atoms in total. The summed E-state index contributed by atoms with van der Waals surface area (Å²) in [4.78, 5) is 8.19. The van der Waals surface area contributed by atoms with E-state index < -0.39 is 0 Å². The fourth-order valence-electron chi connectivity index (χ4n) is 2.36. The first-order chi connectivity index (χ1) is 12.3. The molecule has 0 radical (unpaired) electrons. The van der Waals surface area contributed by atoms with Crippen molar-refractivity contribution < 1.29 is 4.74 Å². The minimum Gasteiger partial charge on any atom is -0.479 e. The monoisotopic (exact) mass is 354 g/mol. The van der Waals surface area contributed by atoms with Crippen LogP contribution in [-0.4, -0.2) is 23.8 Å². The van der Waals surface area contributed by atoms with Crippen LogP contribution in [-0.2, 0) is 4.74 Å². The maximum Gasteiger partial charge on any atom is 0.180 e. The van der Waals surface area contributed by atoms with Gasteiger partial charge in [-0.1, -0.05) is 53.7 Å². The third kappa shape index (κ3) is 10.7. The molecule has 0 aromatic rings. The lowest BCUT2D eigenvalue weighted by molar-refractivity contribution is 0.277. The number of hydrogen-bond donors (Lipinski definition) is 0. The van der Waals surface area contributed by atoms with Gasteiger partial charge in [0.25, 0.3) is 0 Å². The Bertz CT molecular complexity index is 625. The molecule has 0 atom stereocenters. The first-order valence-electron chi connectivity index (χ1n) is 9.31. The molecule has 142 valence electrons. The zero-order chi connectivity index (χ0) is 19.4.